The molecule has 2 aliphatic heterocycles. The molecule has 0 bridgehead atoms. The molecule has 4 heterocycles. The Balaban J connectivity index is 1.40. The van der Waals surface area contributed by atoms with Crippen molar-refractivity contribution in [2.75, 3.05) is 44.2 Å². The molecule has 2 aromatic heterocycles. The van der Waals surface area contributed by atoms with E-state index < -0.39 is 0 Å². The Morgan fingerprint density at radius 3 is 2.59 bits per heavy atom. The molecule has 2 fully saturated rings. The fourth-order valence-electron chi connectivity index (χ4n) is 3.64. The Hall–Kier alpha value is -1.70. The number of anilines is 1. The Labute approximate surface area is 168 Å². The Bertz CT molecular complexity index is 770. The number of hydrogen-bond acceptors (Lipinski definition) is 6. The minimum absolute atomic E-state index is 0.0866. The lowest BCUT2D eigenvalue weighted by molar-refractivity contribution is 0.0624. The van der Waals surface area contributed by atoms with Crippen LogP contribution in [0.3, 0.4) is 0 Å². The molecule has 144 valence electrons. The molecule has 4 rings (SSSR count). The molecular weight excluding hydrogens is 382 g/mol. The van der Waals surface area contributed by atoms with E-state index in [-0.39, 0.29) is 5.91 Å². The lowest BCUT2D eigenvalue weighted by atomic mass is 10.1. The van der Waals surface area contributed by atoms with Gasteiger partial charge in [0, 0.05) is 50.7 Å². The van der Waals surface area contributed by atoms with Gasteiger partial charge in [0.1, 0.15) is 0 Å². The second-order valence-corrected chi connectivity index (χ2v) is 8.50. The second kappa shape index (κ2) is 8.54. The summed E-state index contributed by atoms with van der Waals surface area (Å²) in [5.41, 5.74) is 0.332. The van der Waals surface area contributed by atoms with Crippen LogP contribution in [0.15, 0.2) is 23.7 Å². The number of hydrogen-bond donors (Lipinski definition) is 0. The molecule has 1 amide bonds. The minimum atomic E-state index is -0.0866. The van der Waals surface area contributed by atoms with E-state index in [1.807, 2.05) is 4.90 Å². The van der Waals surface area contributed by atoms with Gasteiger partial charge in [-0.15, -0.1) is 11.3 Å². The number of halogens is 1. The molecule has 0 saturated carbocycles. The standard InChI is InChI=1S/C19H24ClN5OS/c20-16-13-21-19(25-6-2-1-3-7-25)22-17(16)18(26)24-10-8-23(9-11-24)14-15-5-4-12-27-15/h4-5,12-13H,1-3,6-11,14H2. The van der Waals surface area contributed by atoms with Gasteiger partial charge in [-0.05, 0) is 30.7 Å². The lowest BCUT2D eigenvalue weighted by Crippen LogP contribution is -2.48. The number of nitrogens with zero attached hydrogens (tertiary/aromatic N) is 5. The van der Waals surface area contributed by atoms with Crippen LogP contribution in [-0.4, -0.2) is 64.9 Å². The first-order valence-electron chi connectivity index (χ1n) is 9.52. The fraction of sp³-hybridized carbons (Fsp3) is 0.526. The Morgan fingerprint density at radius 2 is 1.89 bits per heavy atom. The number of thiophene rings is 1. The molecule has 0 unspecified atom stereocenters. The maximum Gasteiger partial charge on any atom is 0.274 e. The van der Waals surface area contributed by atoms with Gasteiger partial charge in [0.2, 0.25) is 5.95 Å². The summed E-state index contributed by atoms with van der Waals surface area (Å²) in [7, 11) is 0. The third-order valence-electron chi connectivity index (χ3n) is 5.19. The predicted molar refractivity (Wildman–Crippen MR) is 109 cm³/mol. The van der Waals surface area contributed by atoms with Crippen LogP contribution in [0, 0.1) is 0 Å². The SMILES string of the molecule is O=C(c1nc(N2CCCCC2)ncc1Cl)N1CCN(Cc2cccs2)CC1. The van der Waals surface area contributed by atoms with Gasteiger partial charge in [-0.2, -0.15) is 0 Å². The van der Waals surface area contributed by atoms with E-state index in [1.165, 1.54) is 11.3 Å². The summed E-state index contributed by atoms with van der Waals surface area (Å²) >= 11 is 8.05. The van der Waals surface area contributed by atoms with E-state index in [0.29, 0.717) is 29.8 Å². The third kappa shape index (κ3) is 4.42. The van der Waals surface area contributed by atoms with Crippen molar-refractivity contribution in [2.45, 2.75) is 25.8 Å². The largest absolute Gasteiger partial charge is 0.341 e. The zero-order chi connectivity index (χ0) is 18.6. The van der Waals surface area contributed by atoms with Gasteiger partial charge in [0.15, 0.2) is 5.69 Å². The number of piperazine rings is 1. The molecule has 0 N–H and O–H groups in total. The fourth-order valence-corrected chi connectivity index (χ4v) is 4.55. The summed E-state index contributed by atoms with van der Waals surface area (Å²) in [4.78, 5) is 29.6. The molecule has 0 radical (unpaired) electrons. The normalized spacial score (nSPS) is 18.7. The van der Waals surface area contributed by atoms with Crippen molar-refractivity contribution in [1.29, 1.82) is 0 Å². The second-order valence-electron chi connectivity index (χ2n) is 7.06. The smallest absolute Gasteiger partial charge is 0.274 e. The van der Waals surface area contributed by atoms with Crippen molar-refractivity contribution in [1.82, 2.24) is 19.8 Å². The van der Waals surface area contributed by atoms with Crippen LogP contribution in [-0.2, 0) is 6.54 Å². The highest BCUT2D eigenvalue weighted by molar-refractivity contribution is 7.09. The molecule has 27 heavy (non-hydrogen) atoms. The number of rotatable bonds is 4. The van der Waals surface area contributed by atoms with Crippen molar-refractivity contribution >= 4 is 34.8 Å². The molecule has 8 heteroatoms. The average molecular weight is 406 g/mol. The summed E-state index contributed by atoms with van der Waals surface area (Å²) < 4.78 is 0. The van der Waals surface area contributed by atoms with E-state index in [1.54, 1.807) is 17.5 Å². The van der Waals surface area contributed by atoms with Crippen LogP contribution in [0.25, 0.3) is 0 Å². The maximum absolute atomic E-state index is 13.0. The number of carbonyl (C=O) groups excluding carboxylic acids is 1. The van der Waals surface area contributed by atoms with Gasteiger partial charge in [0.25, 0.3) is 5.91 Å². The Kier molecular flexibility index (Phi) is 5.90. The van der Waals surface area contributed by atoms with Crippen LogP contribution in [0.4, 0.5) is 5.95 Å². The van der Waals surface area contributed by atoms with E-state index >= 15 is 0 Å². The van der Waals surface area contributed by atoms with E-state index in [2.05, 4.69) is 37.3 Å². The number of piperidine rings is 1. The van der Waals surface area contributed by atoms with E-state index in [9.17, 15) is 4.79 Å². The highest BCUT2D eigenvalue weighted by Crippen LogP contribution is 2.22. The number of carbonyl (C=O) groups is 1. The van der Waals surface area contributed by atoms with Crippen molar-refractivity contribution in [3.8, 4) is 0 Å². The van der Waals surface area contributed by atoms with Gasteiger partial charge in [-0.3, -0.25) is 9.69 Å². The quantitative estimate of drug-likeness (QED) is 0.782. The zero-order valence-electron chi connectivity index (χ0n) is 15.3. The lowest BCUT2D eigenvalue weighted by Gasteiger charge is -2.34. The van der Waals surface area contributed by atoms with E-state index in [4.69, 9.17) is 11.6 Å². The summed E-state index contributed by atoms with van der Waals surface area (Å²) in [6.45, 7) is 5.96. The molecule has 0 aromatic carbocycles. The summed E-state index contributed by atoms with van der Waals surface area (Å²) in [6, 6.07) is 4.24. The first-order valence-corrected chi connectivity index (χ1v) is 10.8. The summed E-state index contributed by atoms with van der Waals surface area (Å²) in [5, 5.41) is 2.44. The van der Waals surface area contributed by atoms with Crippen molar-refractivity contribution in [2.24, 2.45) is 0 Å². The highest BCUT2D eigenvalue weighted by Gasteiger charge is 2.26. The molecule has 0 aliphatic carbocycles. The third-order valence-corrected chi connectivity index (χ3v) is 6.33. The molecule has 2 aliphatic rings. The van der Waals surface area contributed by atoms with Gasteiger partial charge < -0.3 is 9.80 Å². The van der Waals surface area contributed by atoms with Crippen LogP contribution >= 0.6 is 22.9 Å². The van der Waals surface area contributed by atoms with Gasteiger partial charge in [0.05, 0.1) is 11.2 Å². The first-order chi connectivity index (χ1) is 13.2. The molecule has 2 aromatic rings. The minimum Gasteiger partial charge on any atom is -0.341 e. The van der Waals surface area contributed by atoms with Crippen LogP contribution < -0.4 is 4.90 Å². The van der Waals surface area contributed by atoms with Crippen molar-refractivity contribution < 1.29 is 4.79 Å². The maximum atomic E-state index is 13.0. The van der Waals surface area contributed by atoms with Gasteiger partial charge >= 0.3 is 0 Å². The topological polar surface area (TPSA) is 52.6 Å². The first kappa shape index (κ1) is 18.7. The molecule has 0 atom stereocenters. The zero-order valence-corrected chi connectivity index (χ0v) is 16.9. The number of aromatic nitrogens is 2. The monoisotopic (exact) mass is 405 g/mol. The molecule has 6 nitrogen and oxygen atoms in total. The van der Waals surface area contributed by atoms with Crippen LogP contribution in [0.2, 0.25) is 5.02 Å². The van der Waals surface area contributed by atoms with Gasteiger partial charge in [-0.1, -0.05) is 17.7 Å². The van der Waals surface area contributed by atoms with Gasteiger partial charge in [-0.25, -0.2) is 9.97 Å². The van der Waals surface area contributed by atoms with Crippen LogP contribution in [0.1, 0.15) is 34.6 Å². The Morgan fingerprint density at radius 1 is 1.11 bits per heavy atom. The highest BCUT2D eigenvalue weighted by atomic mass is 35.5. The molecule has 0 spiro atoms. The number of amides is 1. The van der Waals surface area contributed by atoms with Crippen LogP contribution in [0.5, 0.6) is 0 Å². The van der Waals surface area contributed by atoms with E-state index in [0.717, 1.165) is 45.6 Å². The van der Waals surface area contributed by atoms with Crippen molar-refractivity contribution in [3.05, 3.63) is 39.3 Å². The molecule has 2 saturated heterocycles. The predicted octanol–water partition coefficient (Wildman–Crippen LogP) is 3.14. The molecular formula is C19H24ClN5OS. The van der Waals surface area contributed by atoms with Crippen molar-refractivity contribution in [3.63, 3.8) is 0 Å². The summed E-state index contributed by atoms with van der Waals surface area (Å²) in [5.74, 6) is 0.537. The average Bonchev–Trinajstić information content (AvgIpc) is 3.22. The summed E-state index contributed by atoms with van der Waals surface area (Å²) in [6.07, 6.45) is 5.09.